The quantitative estimate of drug-likeness (QED) is 0.865. The second-order valence-corrected chi connectivity index (χ2v) is 6.82. The van der Waals surface area contributed by atoms with Gasteiger partial charge in [0.15, 0.2) is 5.82 Å². The summed E-state index contributed by atoms with van der Waals surface area (Å²) in [6.07, 6.45) is 0. The molecule has 1 saturated heterocycles. The molecule has 1 aliphatic heterocycles. The van der Waals surface area contributed by atoms with Crippen LogP contribution in [-0.2, 0) is 6.54 Å². The number of benzene rings is 1. The molecule has 2 aromatic rings. The van der Waals surface area contributed by atoms with Crippen molar-refractivity contribution in [1.29, 1.82) is 0 Å². The molecule has 1 aromatic heterocycles. The molecule has 112 valence electrons. The maximum atomic E-state index is 5.40. The van der Waals surface area contributed by atoms with E-state index >= 15 is 0 Å². The minimum atomic E-state index is 0.310. The van der Waals surface area contributed by atoms with Gasteiger partial charge in [0.1, 0.15) is 0 Å². The van der Waals surface area contributed by atoms with Gasteiger partial charge in [-0.1, -0.05) is 49.3 Å². The Kier molecular flexibility index (Phi) is 4.60. The lowest BCUT2D eigenvalue weighted by Gasteiger charge is -2.34. The lowest BCUT2D eigenvalue weighted by molar-refractivity contribution is 0.183. The summed E-state index contributed by atoms with van der Waals surface area (Å²) in [5, 5.41) is 4.06. The van der Waals surface area contributed by atoms with E-state index in [1.165, 1.54) is 5.56 Å². The van der Waals surface area contributed by atoms with Gasteiger partial charge in [0, 0.05) is 30.0 Å². The molecule has 3 rings (SSSR count). The van der Waals surface area contributed by atoms with Gasteiger partial charge in [-0.3, -0.25) is 4.90 Å². The second kappa shape index (κ2) is 6.62. The normalized spacial score (nSPS) is 20.0. The summed E-state index contributed by atoms with van der Waals surface area (Å²) in [5.41, 5.74) is 1.37. The third kappa shape index (κ3) is 3.47. The zero-order chi connectivity index (χ0) is 14.7. The van der Waals surface area contributed by atoms with Gasteiger partial charge >= 0.3 is 0 Å². The van der Waals surface area contributed by atoms with Gasteiger partial charge in [-0.25, -0.2) is 0 Å². The highest BCUT2D eigenvalue weighted by molar-refractivity contribution is 7.99. The van der Waals surface area contributed by atoms with Crippen molar-refractivity contribution in [3.05, 3.63) is 47.6 Å². The van der Waals surface area contributed by atoms with Crippen LogP contribution >= 0.6 is 11.8 Å². The fraction of sp³-hybridized carbons (Fsp3) is 0.500. The molecular weight excluding hydrogens is 282 g/mol. The van der Waals surface area contributed by atoms with Gasteiger partial charge in [0.2, 0.25) is 5.89 Å². The van der Waals surface area contributed by atoms with Crippen LogP contribution in [0.4, 0.5) is 0 Å². The van der Waals surface area contributed by atoms with E-state index in [1.54, 1.807) is 0 Å². The maximum Gasteiger partial charge on any atom is 0.240 e. The van der Waals surface area contributed by atoms with Crippen LogP contribution < -0.4 is 0 Å². The Balaban J connectivity index is 1.75. The van der Waals surface area contributed by atoms with Crippen LogP contribution in [0.1, 0.15) is 43.1 Å². The van der Waals surface area contributed by atoms with E-state index < -0.39 is 0 Å². The Morgan fingerprint density at radius 3 is 2.86 bits per heavy atom. The zero-order valence-corrected chi connectivity index (χ0v) is 13.3. The molecule has 0 saturated carbocycles. The van der Waals surface area contributed by atoms with E-state index in [9.17, 15) is 0 Å². The fourth-order valence-electron chi connectivity index (χ4n) is 2.55. The lowest BCUT2D eigenvalue weighted by Crippen LogP contribution is -2.35. The summed E-state index contributed by atoms with van der Waals surface area (Å²) >= 11 is 2.01. The minimum absolute atomic E-state index is 0.310. The molecule has 2 heterocycles. The van der Waals surface area contributed by atoms with Crippen LogP contribution in [0.25, 0.3) is 0 Å². The smallest absolute Gasteiger partial charge is 0.240 e. The summed E-state index contributed by atoms with van der Waals surface area (Å²) in [4.78, 5) is 6.95. The average molecular weight is 303 g/mol. The van der Waals surface area contributed by atoms with Gasteiger partial charge in [0.05, 0.1) is 6.54 Å². The van der Waals surface area contributed by atoms with E-state index in [2.05, 4.69) is 59.2 Å². The summed E-state index contributed by atoms with van der Waals surface area (Å²) in [5.74, 6) is 4.12. The van der Waals surface area contributed by atoms with Crippen LogP contribution in [0.5, 0.6) is 0 Å². The van der Waals surface area contributed by atoms with E-state index in [4.69, 9.17) is 4.52 Å². The third-order valence-electron chi connectivity index (χ3n) is 3.76. The monoisotopic (exact) mass is 303 g/mol. The van der Waals surface area contributed by atoms with Crippen molar-refractivity contribution in [2.24, 2.45) is 0 Å². The number of rotatable bonds is 4. The van der Waals surface area contributed by atoms with Crippen molar-refractivity contribution in [3.63, 3.8) is 0 Å². The van der Waals surface area contributed by atoms with Gasteiger partial charge in [-0.05, 0) is 5.56 Å². The van der Waals surface area contributed by atoms with Crippen molar-refractivity contribution in [2.45, 2.75) is 32.4 Å². The fourth-order valence-corrected chi connectivity index (χ4v) is 3.71. The largest absolute Gasteiger partial charge is 0.338 e. The predicted molar refractivity (Wildman–Crippen MR) is 85.3 cm³/mol. The van der Waals surface area contributed by atoms with E-state index in [0.717, 1.165) is 36.3 Å². The Morgan fingerprint density at radius 2 is 2.14 bits per heavy atom. The topological polar surface area (TPSA) is 42.2 Å². The number of aromatic nitrogens is 2. The van der Waals surface area contributed by atoms with Crippen molar-refractivity contribution in [2.75, 3.05) is 18.1 Å². The molecule has 0 N–H and O–H groups in total. The lowest BCUT2D eigenvalue weighted by atomic mass is 10.1. The molecule has 5 heteroatoms. The molecule has 1 aromatic carbocycles. The van der Waals surface area contributed by atoms with Crippen LogP contribution in [0.15, 0.2) is 34.9 Å². The number of hydrogen-bond acceptors (Lipinski definition) is 5. The van der Waals surface area contributed by atoms with Crippen LogP contribution in [0, 0.1) is 0 Å². The highest BCUT2D eigenvalue weighted by Crippen LogP contribution is 2.30. The summed E-state index contributed by atoms with van der Waals surface area (Å²) in [7, 11) is 0. The zero-order valence-electron chi connectivity index (χ0n) is 12.5. The molecule has 21 heavy (non-hydrogen) atoms. The Labute approximate surface area is 129 Å². The molecule has 1 atom stereocenters. The Bertz CT molecular complexity index is 570. The van der Waals surface area contributed by atoms with Gasteiger partial charge in [-0.2, -0.15) is 16.7 Å². The van der Waals surface area contributed by atoms with Crippen molar-refractivity contribution >= 4 is 11.8 Å². The average Bonchev–Trinajstić information content (AvgIpc) is 2.98. The first-order valence-electron chi connectivity index (χ1n) is 7.43. The summed E-state index contributed by atoms with van der Waals surface area (Å²) < 4.78 is 5.40. The van der Waals surface area contributed by atoms with E-state index in [1.807, 2.05) is 11.8 Å². The Morgan fingerprint density at radius 1 is 1.33 bits per heavy atom. The number of thioether (sulfide) groups is 1. The first-order chi connectivity index (χ1) is 10.2. The molecule has 0 bridgehead atoms. The SMILES string of the molecule is CC(C)c1noc(CN2CCSC[C@H]2c2ccccc2)n1. The van der Waals surface area contributed by atoms with Crippen molar-refractivity contribution in [1.82, 2.24) is 15.0 Å². The van der Waals surface area contributed by atoms with Crippen molar-refractivity contribution in [3.8, 4) is 0 Å². The van der Waals surface area contributed by atoms with Gasteiger partial charge in [0.25, 0.3) is 0 Å². The van der Waals surface area contributed by atoms with Crippen molar-refractivity contribution < 1.29 is 4.52 Å². The molecule has 1 aliphatic rings. The maximum absolute atomic E-state index is 5.40. The predicted octanol–water partition coefficient (Wildman–Crippen LogP) is 3.48. The van der Waals surface area contributed by atoms with Crippen LogP contribution in [-0.4, -0.2) is 33.1 Å². The molecule has 0 amide bonds. The summed E-state index contributed by atoms with van der Waals surface area (Å²) in [6.45, 7) is 5.96. The van der Waals surface area contributed by atoms with Crippen LogP contribution in [0.3, 0.4) is 0 Å². The Hall–Kier alpha value is -1.33. The minimum Gasteiger partial charge on any atom is -0.338 e. The molecule has 0 spiro atoms. The molecular formula is C16H21N3OS. The molecule has 0 aliphatic carbocycles. The first-order valence-corrected chi connectivity index (χ1v) is 8.58. The highest BCUT2D eigenvalue weighted by atomic mass is 32.2. The van der Waals surface area contributed by atoms with Crippen LogP contribution in [0.2, 0.25) is 0 Å². The molecule has 4 nitrogen and oxygen atoms in total. The van der Waals surface area contributed by atoms with E-state index in [-0.39, 0.29) is 0 Å². The van der Waals surface area contributed by atoms with Gasteiger partial charge in [-0.15, -0.1) is 0 Å². The van der Waals surface area contributed by atoms with Gasteiger partial charge < -0.3 is 4.52 Å². The number of hydrogen-bond donors (Lipinski definition) is 0. The third-order valence-corrected chi connectivity index (χ3v) is 4.78. The molecule has 0 radical (unpaired) electrons. The molecule has 1 fully saturated rings. The second-order valence-electron chi connectivity index (χ2n) is 5.67. The first kappa shape index (κ1) is 14.6. The standard InChI is InChI=1S/C16H21N3OS/c1-12(2)16-17-15(20-18-16)10-19-8-9-21-11-14(19)13-6-4-3-5-7-13/h3-7,12,14H,8-11H2,1-2H3/t14-/m0/s1. The number of nitrogens with zero attached hydrogens (tertiary/aromatic N) is 3. The molecule has 0 unspecified atom stereocenters. The highest BCUT2D eigenvalue weighted by Gasteiger charge is 2.26. The van der Waals surface area contributed by atoms with E-state index in [0.29, 0.717) is 12.0 Å². The summed E-state index contributed by atoms with van der Waals surface area (Å²) in [6, 6.07) is 11.1.